The highest BCUT2D eigenvalue weighted by atomic mass is 16.4. The van der Waals surface area contributed by atoms with Gasteiger partial charge in [0, 0.05) is 39.0 Å². The third-order valence-corrected chi connectivity index (χ3v) is 3.22. The van der Waals surface area contributed by atoms with E-state index >= 15 is 0 Å². The van der Waals surface area contributed by atoms with Gasteiger partial charge >= 0.3 is 12.0 Å². The van der Waals surface area contributed by atoms with Crippen LogP contribution in [0.3, 0.4) is 0 Å². The molecule has 0 aliphatic carbocycles. The Bertz CT molecular complexity index is 354. The van der Waals surface area contributed by atoms with Crippen molar-refractivity contribution in [1.82, 2.24) is 15.5 Å². The van der Waals surface area contributed by atoms with Gasteiger partial charge in [-0.1, -0.05) is 6.92 Å². The summed E-state index contributed by atoms with van der Waals surface area (Å²) in [5.41, 5.74) is 0. The van der Waals surface area contributed by atoms with Gasteiger partial charge in [-0.15, -0.1) is 0 Å². The van der Waals surface area contributed by atoms with E-state index in [2.05, 4.69) is 10.6 Å². The van der Waals surface area contributed by atoms with E-state index in [4.69, 9.17) is 5.11 Å². The molecule has 1 rings (SSSR count). The molecule has 3 amide bonds. The molecule has 0 saturated carbocycles. The van der Waals surface area contributed by atoms with E-state index in [0.717, 1.165) is 25.9 Å². The molecule has 0 aromatic rings. The molecule has 0 spiro atoms. The van der Waals surface area contributed by atoms with Crippen LogP contribution in [0.25, 0.3) is 0 Å². The summed E-state index contributed by atoms with van der Waals surface area (Å²) in [6.45, 7) is 3.99. The zero-order chi connectivity index (χ0) is 15.0. The van der Waals surface area contributed by atoms with Crippen LogP contribution in [-0.4, -0.2) is 54.1 Å². The van der Waals surface area contributed by atoms with Crippen LogP contribution in [0, 0.1) is 5.92 Å². The van der Waals surface area contributed by atoms with E-state index in [1.165, 1.54) is 0 Å². The minimum Gasteiger partial charge on any atom is -0.481 e. The monoisotopic (exact) mass is 285 g/mol. The maximum atomic E-state index is 11.7. The molecule has 1 unspecified atom stereocenters. The van der Waals surface area contributed by atoms with Gasteiger partial charge in [0.1, 0.15) is 0 Å². The number of carboxylic acid groups (broad SMARTS) is 1. The predicted molar refractivity (Wildman–Crippen MR) is 73.2 cm³/mol. The van der Waals surface area contributed by atoms with Crippen molar-refractivity contribution in [3.63, 3.8) is 0 Å². The average molecular weight is 285 g/mol. The van der Waals surface area contributed by atoms with Gasteiger partial charge < -0.3 is 20.6 Å². The van der Waals surface area contributed by atoms with Crippen molar-refractivity contribution in [2.45, 2.75) is 32.6 Å². The second-order valence-corrected chi connectivity index (χ2v) is 5.18. The predicted octanol–water partition coefficient (Wildman–Crippen LogP) is 0.409. The fourth-order valence-corrected chi connectivity index (χ4v) is 2.11. The number of nitrogens with one attached hydrogen (secondary N) is 2. The van der Waals surface area contributed by atoms with Crippen molar-refractivity contribution >= 4 is 17.9 Å². The maximum Gasteiger partial charge on any atom is 0.314 e. The number of likely N-dealkylation sites (tertiary alicyclic amines) is 1. The smallest absolute Gasteiger partial charge is 0.314 e. The summed E-state index contributed by atoms with van der Waals surface area (Å²) in [7, 11) is 0. The van der Waals surface area contributed by atoms with Gasteiger partial charge in [-0.25, -0.2) is 4.79 Å². The number of urea groups is 1. The Labute approximate surface area is 118 Å². The molecule has 1 atom stereocenters. The maximum absolute atomic E-state index is 11.7. The molecular formula is C13H23N3O4. The van der Waals surface area contributed by atoms with Gasteiger partial charge in [-0.3, -0.25) is 9.59 Å². The number of carbonyl (C=O) groups excluding carboxylic acids is 2. The normalized spacial score (nSPS) is 15.8. The molecule has 114 valence electrons. The molecule has 1 aliphatic rings. The molecule has 3 N–H and O–H groups in total. The zero-order valence-electron chi connectivity index (χ0n) is 11.9. The summed E-state index contributed by atoms with van der Waals surface area (Å²) in [6, 6.07) is -0.364. The Morgan fingerprint density at radius 3 is 2.45 bits per heavy atom. The SMILES string of the molecule is CC(CNC(=O)NCCC(=O)N1CCCC1)CC(=O)O. The van der Waals surface area contributed by atoms with E-state index in [-0.39, 0.29) is 24.3 Å². The third-order valence-electron chi connectivity index (χ3n) is 3.22. The molecule has 7 heteroatoms. The molecule has 0 radical (unpaired) electrons. The molecule has 7 nitrogen and oxygen atoms in total. The van der Waals surface area contributed by atoms with Crippen LogP contribution in [0.1, 0.15) is 32.6 Å². The molecule has 0 aromatic carbocycles. The van der Waals surface area contributed by atoms with Crippen molar-refractivity contribution in [1.29, 1.82) is 0 Å². The molecule has 0 bridgehead atoms. The Hall–Kier alpha value is -1.79. The fourth-order valence-electron chi connectivity index (χ4n) is 2.11. The number of carboxylic acids is 1. The Morgan fingerprint density at radius 1 is 1.20 bits per heavy atom. The molecule has 0 aromatic heterocycles. The van der Waals surface area contributed by atoms with E-state index in [9.17, 15) is 14.4 Å². The molecule has 20 heavy (non-hydrogen) atoms. The number of carbonyl (C=O) groups is 3. The summed E-state index contributed by atoms with van der Waals surface area (Å²) >= 11 is 0. The second-order valence-electron chi connectivity index (χ2n) is 5.18. The number of amides is 3. The average Bonchev–Trinajstić information content (AvgIpc) is 2.89. The molecule has 1 heterocycles. The van der Waals surface area contributed by atoms with Crippen molar-refractivity contribution < 1.29 is 19.5 Å². The lowest BCUT2D eigenvalue weighted by Gasteiger charge is -2.15. The van der Waals surface area contributed by atoms with Crippen molar-refractivity contribution in [3.05, 3.63) is 0 Å². The number of aliphatic carboxylic acids is 1. The van der Waals surface area contributed by atoms with Crippen LogP contribution in [-0.2, 0) is 9.59 Å². The highest BCUT2D eigenvalue weighted by Crippen LogP contribution is 2.08. The van der Waals surface area contributed by atoms with Crippen LogP contribution >= 0.6 is 0 Å². The standard InChI is InChI=1S/C13H23N3O4/c1-10(8-12(18)19)9-15-13(20)14-5-4-11(17)16-6-2-3-7-16/h10H,2-9H2,1H3,(H,18,19)(H2,14,15,20). The quantitative estimate of drug-likeness (QED) is 0.631. The first-order valence-electron chi connectivity index (χ1n) is 7.00. The first-order chi connectivity index (χ1) is 9.49. The third kappa shape index (κ3) is 6.40. The van der Waals surface area contributed by atoms with Gasteiger partial charge in [0.15, 0.2) is 0 Å². The van der Waals surface area contributed by atoms with E-state index in [1.54, 1.807) is 6.92 Å². The van der Waals surface area contributed by atoms with Crippen molar-refractivity contribution in [3.8, 4) is 0 Å². The summed E-state index contributed by atoms with van der Waals surface area (Å²) in [5, 5.41) is 13.8. The van der Waals surface area contributed by atoms with Gasteiger partial charge in [-0.2, -0.15) is 0 Å². The number of rotatable bonds is 7. The van der Waals surface area contributed by atoms with Crippen molar-refractivity contribution in [2.24, 2.45) is 5.92 Å². The largest absolute Gasteiger partial charge is 0.481 e. The topological polar surface area (TPSA) is 98.7 Å². The summed E-state index contributed by atoms with van der Waals surface area (Å²) in [5.74, 6) is -0.928. The summed E-state index contributed by atoms with van der Waals surface area (Å²) < 4.78 is 0. The van der Waals surface area contributed by atoms with E-state index in [0.29, 0.717) is 19.5 Å². The van der Waals surface area contributed by atoms with Crippen LogP contribution in [0.2, 0.25) is 0 Å². The summed E-state index contributed by atoms with van der Waals surface area (Å²) in [4.78, 5) is 35.4. The highest BCUT2D eigenvalue weighted by Gasteiger charge is 2.17. The second kappa shape index (κ2) is 8.39. The van der Waals surface area contributed by atoms with Gasteiger partial charge in [-0.05, 0) is 18.8 Å². The van der Waals surface area contributed by atoms with Gasteiger partial charge in [0.25, 0.3) is 0 Å². The number of hydrogen-bond acceptors (Lipinski definition) is 3. The number of hydrogen-bond donors (Lipinski definition) is 3. The van der Waals surface area contributed by atoms with E-state index in [1.807, 2.05) is 4.90 Å². The minimum atomic E-state index is -0.879. The Kier molecular flexibility index (Phi) is 6.83. The Balaban J connectivity index is 2.07. The highest BCUT2D eigenvalue weighted by molar-refractivity contribution is 5.78. The fraction of sp³-hybridized carbons (Fsp3) is 0.769. The Morgan fingerprint density at radius 2 is 1.85 bits per heavy atom. The van der Waals surface area contributed by atoms with Gasteiger partial charge in [0.05, 0.1) is 0 Å². The van der Waals surface area contributed by atoms with Crippen LogP contribution in [0.5, 0.6) is 0 Å². The van der Waals surface area contributed by atoms with E-state index < -0.39 is 5.97 Å². The molecular weight excluding hydrogens is 262 g/mol. The lowest BCUT2D eigenvalue weighted by molar-refractivity contribution is -0.138. The molecule has 1 fully saturated rings. The lowest BCUT2D eigenvalue weighted by atomic mass is 10.1. The van der Waals surface area contributed by atoms with Crippen molar-refractivity contribution in [2.75, 3.05) is 26.2 Å². The molecule has 1 saturated heterocycles. The van der Waals surface area contributed by atoms with Crippen LogP contribution in [0.15, 0.2) is 0 Å². The van der Waals surface area contributed by atoms with Crippen LogP contribution in [0.4, 0.5) is 4.79 Å². The number of nitrogens with zero attached hydrogens (tertiary/aromatic N) is 1. The first-order valence-corrected chi connectivity index (χ1v) is 7.00. The zero-order valence-corrected chi connectivity index (χ0v) is 11.9. The molecule has 1 aliphatic heterocycles. The van der Waals surface area contributed by atoms with Gasteiger partial charge in [0.2, 0.25) is 5.91 Å². The summed E-state index contributed by atoms with van der Waals surface area (Å²) in [6.07, 6.45) is 2.44. The van der Waals surface area contributed by atoms with Crippen LogP contribution < -0.4 is 10.6 Å². The minimum absolute atomic E-state index is 0.0216. The first kappa shape index (κ1) is 16.3. The lowest BCUT2D eigenvalue weighted by Crippen LogP contribution is -2.40.